The fraction of sp³-hybridized carbons (Fsp3) is 0.222. The summed E-state index contributed by atoms with van der Waals surface area (Å²) >= 11 is 0. The number of carbonyl (C=O) groups excluding carboxylic acids is 2. The molecule has 1 amide bonds. The highest BCUT2D eigenvalue weighted by atomic mass is 35.5. The van der Waals surface area contributed by atoms with E-state index in [0.29, 0.717) is 5.56 Å². The van der Waals surface area contributed by atoms with Crippen molar-refractivity contribution in [3.63, 3.8) is 0 Å². The lowest BCUT2D eigenvalue weighted by Crippen LogP contribution is -2.40. The average molecular weight is 216 g/mol. The Morgan fingerprint density at radius 1 is 1.50 bits per heavy atom. The zero-order valence-electron chi connectivity index (χ0n) is 7.77. The van der Waals surface area contributed by atoms with Crippen molar-refractivity contribution in [2.24, 2.45) is 5.73 Å². The second kappa shape index (κ2) is 5.34. The van der Waals surface area contributed by atoms with Gasteiger partial charge in [0.2, 0.25) is 6.54 Å². The molecule has 0 radical (unpaired) electrons. The Morgan fingerprint density at radius 2 is 2.14 bits per heavy atom. The minimum Gasteiger partial charge on any atom is -0.364 e. The molecule has 0 saturated heterocycles. The van der Waals surface area contributed by atoms with Crippen molar-refractivity contribution in [1.82, 2.24) is 0 Å². The van der Waals surface area contributed by atoms with Crippen molar-refractivity contribution in [2.75, 3.05) is 0 Å². The molecule has 5 heteroatoms. The predicted molar refractivity (Wildman–Crippen MR) is 53.1 cm³/mol. The van der Waals surface area contributed by atoms with Gasteiger partial charge in [0.1, 0.15) is 0 Å². The van der Waals surface area contributed by atoms with Crippen molar-refractivity contribution in [3.05, 3.63) is 30.1 Å². The van der Waals surface area contributed by atoms with Crippen LogP contribution in [-0.2, 0) is 11.3 Å². The molecule has 0 bridgehead atoms. The van der Waals surface area contributed by atoms with E-state index < -0.39 is 5.91 Å². The number of carbonyl (C=O) groups is 2. The zero-order valence-corrected chi connectivity index (χ0v) is 8.58. The van der Waals surface area contributed by atoms with E-state index in [-0.39, 0.29) is 24.7 Å². The summed E-state index contributed by atoms with van der Waals surface area (Å²) in [6.45, 7) is 1.57. The quantitative estimate of drug-likeness (QED) is 0.574. The highest BCUT2D eigenvalue weighted by Gasteiger charge is 2.08. The highest BCUT2D eigenvalue weighted by molar-refractivity contribution is 5.93. The van der Waals surface area contributed by atoms with Crippen LogP contribution in [0.3, 0.4) is 0 Å². The maximum absolute atomic E-state index is 11.0. The summed E-state index contributed by atoms with van der Waals surface area (Å²) in [7, 11) is 0. The third-order valence-electron chi connectivity index (χ3n) is 1.60. The molecule has 0 atom stereocenters. The molecule has 76 valence electrons. The van der Waals surface area contributed by atoms with Crippen LogP contribution in [0.2, 0.25) is 0 Å². The Kier molecular flexibility index (Phi) is 4.80. The van der Waals surface area contributed by atoms with E-state index in [9.17, 15) is 9.59 Å². The smallest absolute Gasteiger partial charge is 0.283 e. The molecule has 1 aromatic rings. The summed E-state index contributed by atoms with van der Waals surface area (Å²) in [5.41, 5.74) is 5.58. The summed E-state index contributed by atoms with van der Waals surface area (Å²) < 4.78 is 1.58. The molecule has 1 aromatic heterocycles. The zero-order chi connectivity index (χ0) is 9.84. The Morgan fingerprint density at radius 3 is 2.64 bits per heavy atom. The van der Waals surface area contributed by atoms with Crippen molar-refractivity contribution in [2.45, 2.75) is 13.5 Å². The molecule has 1 heterocycles. The van der Waals surface area contributed by atoms with Crippen LogP contribution < -0.4 is 10.3 Å². The number of hydrogen-bond acceptors (Lipinski definition) is 2. The molecule has 0 aliphatic heterocycles. The summed E-state index contributed by atoms with van der Waals surface area (Å²) in [5, 5.41) is 0. The lowest BCUT2D eigenvalue weighted by atomic mass is 10.2. The third-order valence-corrected chi connectivity index (χ3v) is 1.60. The van der Waals surface area contributed by atoms with Crippen LogP contribution >= 0.6 is 12.4 Å². The lowest BCUT2D eigenvalue weighted by Gasteiger charge is -1.94. The first-order valence-corrected chi connectivity index (χ1v) is 3.88. The van der Waals surface area contributed by atoms with Crippen molar-refractivity contribution >= 4 is 24.1 Å². The van der Waals surface area contributed by atoms with Gasteiger partial charge in [0.05, 0.1) is 5.56 Å². The number of pyridine rings is 1. The monoisotopic (exact) mass is 215 g/mol. The average Bonchev–Trinajstić information content (AvgIpc) is 2.03. The minimum atomic E-state index is -0.425. The van der Waals surface area contributed by atoms with Gasteiger partial charge in [0.25, 0.3) is 5.91 Å². The van der Waals surface area contributed by atoms with Crippen LogP contribution in [0.15, 0.2) is 24.5 Å². The molecule has 0 unspecified atom stereocenters. The van der Waals surface area contributed by atoms with Gasteiger partial charge >= 0.3 is 0 Å². The number of primary amides is 1. The Labute approximate surface area is 88.1 Å². The van der Waals surface area contributed by atoms with Crippen molar-refractivity contribution in [1.29, 1.82) is 0 Å². The SMILES string of the molecule is CC(=O)c1ccc[n+](CC(N)=O)c1.Cl. The number of nitrogens with two attached hydrogens (primary N) is 1. The second-order valence-electron chi connectivity index (χ2n) is 2.79. The first-order chi connectivity index (χ1) is 6.09. The van der Waals surface area contributed by atoms with E-state index in [0.717, 1.165) is 0 Å². The third kappa shape index (κ3) is 3.53. The summed E-state index contributed by atoms with van der Waals surface area (Å²) in [5.74, 6) is -0.454. The van der Waals surface area contributed by atoms with Crippen LogP contribution in [-0.4, -0.2) is 11.7 Å². The molecule has 14 heavy (non-hydrogen) atoms. The molecule has 1 rings (SSSR count). The minimum absolute atomic E-state index is 0. The van der Waals surface area contributed by atoms with E-state index in [1.165, 1.54) is 6.92 Å². The number of halogens is 1. The van der Waals surface area contributed by atoms with Crippen LogP contribution in [0, 0.1) is 0 Å². The van der Waals surface area contributed by atoms with Gasteiger partial charge in [-0.3, -0.25) is 9.59 Å². The van der Waals surface area contributed by atoms with Gasteiger partial charge in [-0.2, -0.15) is 4.57 Å². The van der Waals surface area contributed by atoms with Crippen molar-refractivity contribution < 1.29 is 14.2 Å². The van der Waals surface area contributed by atoms with Gasteiger partial charge in [-0.1, -0.05) is 0 Å². The van der Waals surface area contributed by atoms with E-state index in [4.69, 9.17) is 5.73 Å². The van der Waals surface area contributed by atoms with E-state index in [1.54, 1.807) is 29.1 Å². The predicted octanol–water partition coefficient (Wildman–Crippen LogP) is 0.0838. The number of amides is 1. The molecule has 0 saturated carbocycles. The molecule has 0 aromatic carbocycles. The Balaban J connectivity index is 0.00000169. The maximum atomic E-state index is 11.0. The van der Waals surface area contributed by atoms with Gasteiger partial charge in [0.15, 0.2) is 18.2 Å². The lowest BCUT2D eigenvalue weighted by molar-refractivity contribution is -0.684. The molecule has 0 aliphatic rings. The summed E-state index contributed by atoms with van der Waals surface area (Å²) in [6.07, 6.45) is 3.30. The summed E-state index contributed by atoms with van der Waals surface area (Å²) in [4.78, 5) is 21.5. The molecular weight excluding hydrogens is 204 g/mol. The number of hydrogen-bond donors (Lipinski definition) is 1. The molecular formula is C9H12ClN2O2+. The molecule has 4 nitrogen and oxygen atoms in total. The first-order valence-electron chi connectivity index (χ1n) is 3.88. The van der Waals surface area contributed by atoms with Crippen LogP contribution in [0.5, 0.6) is 0 Å². The fourth-order valence-electron chi connectivity index (χ4n) is 1.01. The largest absolute Gasteiger partial charge is 0.364 e. The fourth-order valence-corrected chi connectivity index (χ4v) is 1.01. The van der Waals surface area contributed by atoms with E-state index >= 15 is 0 Å². The maximum Gasteiger partial charge on any atom is 0.283 e. The number of Topliss-reactive ketones (excluding diaryl/α,β-unsaturated/α-hetero) is 1. The normalized spacial score (nSPS) is 8.93. The number of nitrogens with zero attached hydrogens (tertiary/aromatic N) is 1. The van der Waals surface area contributed by atoms with Gasteiger partial charge in [-0.25, -0.2) is 0 Å². The van der Waals surface area contributed by atoms with E-state index in [1.807, 2.05) is 0 Å². The van der Waals surface area contributed by atoms with E-state index in [2.05, 4.69) is 0 Å². The first kappa shape index (κ1) is 12.6. The van der Waals surface area contributed by atoms with Crippen LogP contribution in [0.1, 0.15) is 17.3 Å². The van der Waals surface area contributed by atoms with Crippen LogP contribution in [0.4, 0.5) is 0 Å². The number of ketones is 1. The van der Waals surface area contributed by atoms with Gasteiger partial charge in [-0.15, -0.1) is 12.4 Å². The van der Waals surface area contributed by atoms with Gasteiger partial charge < -0.3 is 5.73 Å². The van der Waals surface area contributed by atoms with Gasteiger partial charge in [0, 0.05) is 6.07 Å². The number of rotatable bonds is 3. The molecule has 2 N–H and O–H groups in total. The Hall–Kier alpha value is -1.42. The second-order valence-corrected chi connectivity index (χ2v) is 2.79. The standard InChI is InChI=1S/C9H10N2O2.ClH/c1-7(12)8-3-2-4-11(5-8)6-9(10)13;/h2-5H,6H2,1H3,(H-,10,13);1H/p+1. The molecule has 0 fully saturated rings. The Bertz CT molecular complexity index is 352. The van der Waals surface area contributed by atoms with Gasteiger partial charge in [-0.05, 0) is 13.0 Å². The highest BCUT2D eigenvalue weighted by Crippen LogP contribution is 1.94. The molecule has 0 aliphatic carbocycles. The number of aromatic nitrogens is 1. The van der Waals surface area contributed by atoms with Crippen molar-refractivity contribution in [3.8, 4) is 0 Å². The topological polar surface area (TPSA) is 64.0 Å². The summed E-state index contributed by atoms with van der Waals surface area (Å²) in [6, 6.07) is 3.40. The molecule has 0 spiro atoms. The van der Waals surface area contributed by atoms with Crippen LogP contribution in [0.25, 0.3) is 0 Å².